The number of carboxylic acid groups (broad SMARTS) is 1. The molecular weight excluding hydrogens is 254 g/mol. The minimum atomic E-state index is -1.08. The molecule has 0 heterocycles. The number of carbonyl (C=O) groups excluding carboxylic acids is 1. The maximum atomic E-state index is 8.89. The van der Waals surface area contributed by atoms with E-state index in [9.17, 15) is 0 Å². The topological polar surface area (TPSA) is 105 Å². The second-order valence-electron chi connectivity index (χ2n) is 4.98. The summed E-state index contributed by atoms with van der Waals surface area (Å²) in [7, 11) is 0. The van der Waals surface area contributed by atoms with E-state index in [0.29, 0.717) is 0 Å². The lowest BCUT2D eigenvalue weighted by Gasteiger charge is -2.01. The fourth-order valence-corrected chi connectivity index (χ4v) is 1.81. The Labute approximate surface area is 123 Å². The normalized spacial score (nSPS) is 9.50. The van der Waals surface area contributed by atoms with Crippen molar-refractivity contribution >= 4 is 11.9 Å². The summed E-state index contributed by atoms with van der Waals surface area (Å²) in [5.74, 6) is -0.865. The van der Waals surface area contributed by atoms with Crippen molar-refractivity contribution in [3.63, 3.8) is 0 Å². The van der Waals surface area contributed by atoms with Gasteiger partial charge in [-0.25, -0.2) is 0 Å². The van der Waals surface area contributed by atoms with E-state index >= 15 is 0 Å². The van der Waals surface area contributed by atoms with Gasteiger partial charge in [-0.15, -0.1) is 0 Å². The molecule has 0 aromatic heterocycles. The number of rotatable bonds is 11. The Morgan fingerprint density at radius 2 is 1.25 bits per heavy atom. The lowest BCUT2D eigenvalue weighted by atomic mass is 10.1. The molecule has 0 radical (unpaired) electrons. The van der Waals surface area contributed by atoms with Crippen LogP contribution < -0.4 is 16.6 Å². The molecule has 20 heavy (non-hydrogen) atoms. The molecule has 0 aliphatic carbocycles. The van der Waals surface area contributed by atoms with Crippen molar-refractivity contribution in [2.45, 2.75) is 78.1 Å². The van der Waals surface area contributed by atoms with Gasteiger partial charge in [0.25, 0.3) is 0 Å². The van der Waals surface area contributed by atoms with Crippen LogP contribution in [0.15, 0.2) is 4.99 Å². The molecule has 0 bridgehead atoms. The summed E-state index contributed by atoms with van der Waals surface area (Å²) < 4.78 is 0. The molecule has 5 nitrogen and oxygen atoms in total. The number of carbonyl (C=O) groups is 1. The third-order valence-corrected chi connectivity index (χ3v) is 2.81. The van der Waals surface area contributed by atoms with Gasteiger partial charge in [0.15, 0.2) is 5.96 Å². The molecule has 120 valence electrons. The Bertz CT molecular complexity index is 235. The molecule has 0 amide bonds. The average molecular weight is 286 g/mol. The monoisotopic (exact) mass is 286 g/mol. The first kappa shape index (κ1) is 21.0. The van der Waals surface area contributed by atoms with E-state index in [2.05, 4.69) is 11.9 Å². The van der Waals surface area contributed by atoms with Crippen molar-refractivity contribution in [2.75, 3.05) is 6.54 Å². The van der Waals surface area contributed by atoms with Crippen molar-refractivity contribution in [1.82, 2.24) is 0 Å². The molecule has 4 N–H and O–H groups in total. The number of nitrogens with zero attached hydrogens (tertiary/aromatic N) is 1. The molecule has 0 aliphatic rings. The van der Waals surface area contributed by atoms with E-state index in [4.69, 9.17) is 21.4 Å². The van der Waals surface area contributed by atoms with Gasteiger partial charge in [-0.3, -0.25) is 4.99 Å². The maximum Gasteiger partial charge on any atom is 0.185 e. The molecule has 0 saturated heterocycles. The first-order valence-electron chi connectivity index (χ1n) is 7.73. The standard InChI is InChI=1S/C13H29N3.C2H4O2/c1-2-3-4-5-6-7-8-9-10-11-12-16-13(14)15;1-2(3)4/h2-12H2,1H3,(H4,14,15,16);1H3,(H,3,4)/p-1. The Kier molecular flexibility index (Phi) is 18.7. The zero-order valence-corrected chi connectivity index (χ0v) is 13.2. The molecule has 0 fully saturated rings. The molecule has 0 aliphatic heterocycles. The fraction of sp³-hybridized carbons (Fsp3) is 0.867. The predicted octanol–water partition coefficient (Wildman–Crippen LogP) is 1.94. The van der Waals surface area contributed by atoms with E-state index in [0.717, 1.165) is 19.9 Å². The largest absolute Gasteiger partial charge is 0.550 e. The quantitative estimate of drug-likeness (QED) is 0.344. The summed E-state index contributed by atoms with van der Waals surface area (Å²) >= 11 is 0. The SMILES string of the molecule is CC(=O)[O-].CCCCCCCCCCCCN=C(N)N. The first-order chi connectivity index (χ1) is 9.50. The van der Waals surface area contributed by atoms with Crippen LogP contribution in [0.25, 0.3) is 0 Å². The Morgan fingerprint density at radius 3 is 1.60 bits per heavy atom. The van der Waals surface area contributed by atoms with Crippen LogP contribution in [0, 0.1) is 0 Å². The molecule has 5 heteroatoms. The maximum absolute atomic E-state index is 8.89. The summed E-state index contributed by atoms with van der Waals surface area (Å²) in [4.78, 5) is 12.9. The second-order valence-corrected chi connectivity index (χ2v) is 4.98. The van der Waals surface area contributed by atoms with Crippen molar-refractivity contribution < 1.29 is 9.90 Å². The summed E-state index contributed by atoms with van der Waals surface area (Å²) in [6.07, 6.45) is 13.5. The van der Waals surface area contributed by atoms with Crippen molar-refractivity contribution in [2.24, 2.45) is 16.5 Å². The number of hydrogen-bond acceptors (Lipinski definition) is 3. The van der Waals surface area contributed by atoms with Gasteiger partial charge in [0.2, 0.25) is 0 Å². The van der Waals surface area contributed by atoms with Gasteiger partial charge in [-0.2, -0.15) is 0 Å². The summed E-state index contributed by atoms with van der Waals surface area (Å²) in [5, 5.41) is 8.89. The van der Waals surface area contributed by atoms with Crippen LogP contribution in [0.2, 0.25) is 0 Å². The minimum Gasteiger partial charge on any atom is -0.550 e. The van der Waals surface area contributed by atoms with Gasteiger partial charge in [-0.05, 0) is 13.3 Å². The van der Waals surface area contributed by atoms with Gasteiger partial charge in [0.1, 0.15) is 0 Å². The molecule has 0 rings (SSSR count). The van der Waals surface area contributed by atoms with Crippen molar-refractivity contribution in [3.8, 4) is 0 Å². The van der Waals surface area contributed by atoms with E-state index in [1.54, 1.807) is 0 Å². The van der Waals surface area contributed by atoms with Crippen LogP contribution in [0.3, 0.4) is 0 Å². The number of aliphatic carboxylic acids is 1. The van der Waals surface area contributed by atoms with Crippen LogP contribution in [0.4, 0.5) is 0 Å². The minimum absolute atomic E-state index is 0.218. The highest BCUT2D eigenvalue weighted by Crippen LogP contribution is 2.10. The molecule has 0 atom stereocenters. The fourth-order valence-electron chi connectivity index (χ4n) is 1.81. The lowest BCUT2D eigenvalue weighted by Crippen LogP contribution is -2.22. The van der Waals surface area contributed by atoms with Crippen molar-refractivity contribution in [1.29, 1.82) is 0 Å². The summed E-state index contributed by atoms with van der Waals surface area (Å²) in [6, 6.07) is 0. The zero-order valence-electron chi connectivity index (χ0n) is 13.2. The second kappa shape index (κ2) is 17.7. The van der Waals surface area contributed by atoms with Gasteiger partial charge in [0.05, 0.1) is 0 Å². The smallest absolute Gasteiger partial charge is 0.185 e. The number of guanidine groups is 1. The van der Waals surface area contributed by atoms with Crippen molar-refractivity contribution in [3.05, 3.63) is 0 Å². The van der Waals surface area contributed by atoms with Crippen LogP contribution in [0.5, 0.6) is 0 Å². The highest BCUT2D eigenvalue weighted by Gasteiger charge is 1.92. The van der Waals surface area contributed by atoms with E-state index in [1.807, 2.05) is 0 Å². The highest BCUT2D eigenvalue weighted by molar-refractivity contribution is 5.75. The molecule has 0 aromatic carbocycles. The average Bonchev–Trinajstić information content (AvgIpc) is 2.35. The number of hydrogen-bond donors (Lipinski definition) is 2. The number of unbranched alkanes of at least 4 members (excludes halogenated alkanes) is 9. The summed E-state index contributed by atoms with van der Waals surface area (Å²) in [6.45, 7) is 4.02. The Balaban J connectivity index is 0. The molecule has 0 aromatic rings. The van der Waals surface area contributed by atoms with Crippen LogP contribution in [-0.2, 0) is 4.79 Å². The Morgan fingerprint density at radius 1 is 0.900 bits per heavy atom. The first-order valence-corrected chi connectivity index (χ1v) is 7.73. The van der Waals surface area contributed by atoms with Gasteiger partial charge in [0, 0.05) is 12.5 Å². The van der Waals surface area contributed by atoms with Gasteiger partial charge >= 0.3 is 0 Å². The zero-order chi connectivity index (χ0) is 15.6. The number of carboxylic acids is 1. The molecular formula is C15H32N3O2-. The third-order valence-electron chi connectivity index (χ3n) is 2.81. The predicted molar refractivity (Wildman–Crippen MR) is 83.2 cm³/mol. The van der Waals surface area contributed by atoms with Crippen LogP contribution in [0.1, 0.15) is 78.1 Å². The van der Waals surface area contributed by atoms with Crippen LogP contribution >= 0.6 is 0 Å². The molecule has 0 unspecified atom stereocenters. The molecule has 0 spiro atoms. The van der Waals surface area contributed by atoms with Gasteiger partial charge < -0.3 is 21.4 Å². The van der Waals surface area contributed by atoms with Gasteiger partial charge in [-0.1, -0.05) is 64.7 Å². The molecule has 0 saturated carbocycles. The van der Waals surface area contributed by atoms with E-state index < -0.39 is 5.97 Å². The number of nitrogens with two attached hydrogens (primary N) is 2. The lowest BCUT2D eigenvalue weighted by molar-refractivity contribution is -0.302. The Hall–Kier alpha value is -1.26. The third kappa shape index (κ3) is 30.1. The highest BCUT2D eigenvalue weighted by atomic mass is 16.4. The van der Waals surface area contributed by atoms with E-state index in [-0.39, 0.29) is 5.96 Å². The van der Waals surface area contributed by atoms with E-state index in [1.165, 1.54) is 57.8 Å². The number of aliphatic imine (C=N–C) groups is 1. The summed E-state index contributed by atoms with van der Waals surface area (Å²) in [5.41, 5.74) is 10.5. The van der Waals surface area contributed by atoms with Crippen LogP contribution in [-0.4, -0.2) is 18.5 Å².